The number of phenolic OH excluding ortho intramolecular Hbond substituents is 1. The number of carbonyl (C=O) groups excluding carboxylic acids is 1. The molecular formula is C13H21ClN2O2. The second kappa shape index (κ2) is 7.95. The summed E-state index contributed by atoms with van der Waals surface area (Å²) >= 11 is 0. The molecule has 0 bridgehead atoms. The van der Waals surface area contributed by atoms with Crippen molar-refractivity contribution in [1.29, 1.82) is 0 Å². The summed E-state index contributed by atoms with van der Waals surface area (Å²) in [6, 6.07) is 6.81. The van der Waals surface area contributed by atoms with Gasteiger partial charge in [0, 0.05) is 11.7 Å². The Balaban J connectivity index is 0.00000289. The maximum atomic E-state index is 11.8. The van der Waals surface area contributed by atoms with Crippen LogP contribution in [-0.4, -0.2) is 35.0 Å². The van der Waals surface area contributed by atoms with Crippen LogP contribution >= 0.6 is 12.4 Å². The molecule has 1 amide bonds. The summed E-state index contributed by atoms with van der Waals surface area (Å²) in [5.74, 6) is 0.159. The summed E-state index contributed by atoms with van der Waals surface area (Å²) in [4.78, 5) is 13.8. The van der Waals surface area contributed by atoms with Gasteiger partial charge < -0.3 is 10.4 Å². The lowest BCUT2D eigenvalue weighted by Gasteiger charge is -2.23. The van der Waals surface area contributed by atoms with Crippen molar-refractivity contribution in [2.24, 2.45) is 0 Å². The molecule has 4 nitrogen and oxygen atoms in total. The Labute approximate surface area is 114 Å². The summed E-state index contributed by atoms with van der Waals surface area (Å²) in [7, 11) is 0. The zero-order valence-corrected chi connectivity index (χ0v) is 11.8. The highest BCUT2D eigenvalue weighted by atomic mass is 35.5. The predicted molar refractivity (Wildman–Crippen MR) is 76.4 cm³/mol. The van der Waals surface area contributed by atoms with Crippen LogP contribution in [-0.2, 0) is 4.79 Å². The molecule has 5 heteroatoms. The lowest BCUT2D eigenvalue weighted by Crippen LogP contribution is -2.37. The van der Waals surface area contributed by atoms with Gasteiger partial charge in [-0.25, -0.2) is 0 Å². The first kappa shape index (κ1) is 16.7. The fraction of sp³-hybridized carbons (Fsp3) is 0.462. The van der Waals surface area contributed by atoms with Crippen molar-refractivity contribution < 1.29 is 9.90 Å². The molecule has 1 rings (SSSR count). The highest BCUT2D eigenvalue weighted by Gasteiger charge is 2.11. The van der Waals surface area contributed by atoms with Crippen LogP contribution in [0.5, 0.6) is 5.75 Å². The van der Waals surface area contributed by atoms with E-state index in [-0.39, 0.29) is 24.1 Å². The molecule has 0 aliphatic heterocycles. The second-order valence-electron chi connectivity index (χ2n) is 4.25. The van der Waals surface area contributed by atoms with Crippen molar-refractivity contribution in [2.45, 2.75) is 26.8 Å². The lowest BCUT2D eigenvalue weighted by molar-refractivity contribution is -0.117. The molecule has 0 fully saturated rings. The number of rotatable bonds is 5. The molecule has 0 radical (unpaired) electrons. The van der Waals surface area contributed by atoms with E-state index in [4.69, 9.17) is 5.11 Å². The standard InChI is InChI=1S/C13H20N2O2.ClH/c1-4-15(10(2)3)9-13(17)14-11-5-7-12(16)8-6-11;/h5-8,10,16H,4,9H2,1-3H3,(H,14,17);1H. The minimum Gasteiger partial charge on any atom is -0.508 e. The van der Waals surface area contributed by atoms with E-state index in [1.165, 1.54) is 0 Å². The van der Waals surface area contributed by atoms with Gasteiger partial charge in [0.05, 0.1) is 6.54 Å². The Hall–Kier alpha value is -1.26. The first-order valence-electron chi connectivity index (χ1n) is 5.86. The van der Waals surface area contributed by atoms with Crippen molar-refractivity contribution in [2.75, 3.05) is 18.4 Å². The van der Waals surface area contributed by atoms with Crippen molar-refractivity contribution in [1.82, 2.24) is 4.90 Å². The van der Waals surface area contributed by atoms with Crippen molar-refractivity contribution in [3.05, 3.63) is 24.3 Å². The summed E-state index contributed by atoms with van der Waals surface area (Å²) in [6.45, 7) is 7.40. The summed E-state index contributed by atoms with van der Waals surface area (Å²) < 4.78 is 0. The molecular weight excluding hydrogens is 252 g/mol. The van der Waals surface area contributed by atoms with E-state index in [0.717, 1.165) is 6.54 Å². The maximum Gasteiger partial charge on any atom is 0.238 e. The average molecular weight is 273 g/mol. The first-order chi connectivity index (χ1) is 8.02. The van der Waals surface area contributed by atoms with E-state index >= 15 is 0 Å². The van der Waals surface area contributed by atoms with Gasteiger partial charge in [-0.3, -0.25) is 9.69 Å². The third-order valence-electron chi connectivity index (χ3n) is 2.63. The van der Waals surface area contributed by atoms with Gasteiger partial charge in [0.1, 0.15) is 5.75 Å². The number of carbonyl (C=O) groups is 1. The van der Waals surface area contributed by atoms with Crippen molar-refractivity contribution in [3.63, 3.8) is 0 Å². The number of anilines is 1. The molecule has 0 heterocycles. The topological polar surface area (TPSA) is 52.6 Å². The molecule has 1 aromatic carbocycles. The molecule has 102 valence electrons. The molecule has 0 aliphatic rings. The van der Waals surface area contributed by atoms with Crippen LogP contribution in [0, 0.1) is 0 Å². The lowest BCUT2D eigenvalue weighted by atomic mass is 10.3. The predicted octanol–water partition coefficient (Wildman–Crippen LogP) is 2.48. The summed E-state index contributed by atoms with van der Waals surface area (Å²) in [5, 5.41) is 11.9. The van der Waals surface area contributed by atoms with Crippen LogP contribution in [0.25, 0.3) is 0 Å². The van der Waals surface area contributed by atoms with Crippen LogP contribution in [0.4, 0.5) is 5.69 Å². The molecule has 0 saturated carbocycles. The molecule has 0 unspecified atom stereocenters. The Morgan fingerprint density at radius 3 is 2.33 bits per heavy atom. The third kappa shape index (κ3) is 5.38. The zero-order valence-electron chi connectivity index (χ0n) is 11.0. The van der Waals surface area contributed by atoms with E-state index in [2.05, 4.69) is 24.1 Å². The van der Waals surface area contributed by atoms with Gasteiger partial charge in [-0.1, -0.05) is 6.92 Å². The molecule has 0 saturated heterocycles. The largest absolute Gasteiger partial charge is 0.508 e. The molecule has 18 heavy (non-hydrogen) atoms. The van der Waals surface area contributed by atoms with Gasteiger partial charge in [0.2, 0.25) is 5.91 Å². The van der Waals surface area contributed by atoms with E-state index < -0.39 is 0 Å². The van der Waals surface area contributed by atoms with E-state index in [1.54, 1.807) is 24.3 Å². The minimum atomic E-state index is -0.0359. The van der Waals surface area contributed by atoms with Gasteiger partial charge in [-0.2, -0.15) is 0 Å². The Morgan fingerprint density at radius 2 is 1.89 bits per heavy atom. The number of hydrogen-bond donors (Lipinski definition) is 2. The smallest absolute Gasteiger partial charge is 0.238 e. The highest BCUT2D eigenvalue weighted by molar-refractivity contribution is 5.92. The van der Waals surface area contributed by atoms with Gasteiger partial charge in [-0.05, 0) is 44.7 Å². The third-order valence-corrected chi connectivity index (χ3v) is 2.63. The first-order valence-corrected chi connectivity index (χ1v) is 5.86. The Kier molecular flexibility index (Phi) is 7.39. The molecule has 0 spiro atoms. The molecule has 0 aliphatic carbocycles. The number of amides is 1. The second-order valence-corrected chi connectivity index (χ2v) is 4.25. The number of halogens is 1. The summed E-state index contributed by atoms with van der Waals surface area (Å²) in [5.41, 5.74) is 0.701. The van der Waals surface area contributed by atoms with Crippen LogP contribution < -0.4 is 5.32 Å². The van der Waals surface area contributed by atoms with Crippen molar-refractivity contribution >= 4 is 24.0 Å². The number of phenols is 1. The Morgan fingerprint density at radius 1 is 1.33 bits per heavy atom. The average Bonchev–Trinajstić information content (AvgIpc) is 2.28. The van der Waals surface area contributed by atoms with Gasteiger partial charge in [0.25, 0.3) is 0 Å². The Bertz CT molecular complexity index is 366. The van der Waals surface area contributed by atoms with E-state index in [1.807, 2.05) is 6.92 Å². The highest BCUT2D eigenvalue weighted by Crippen LogP contribution is 2.13. The number of aromatic hydroxyl groups is 1. The van der Waals surface area contributed by atoms with Crippen LogP contribution in [0.2, 0.25) is 0 Å². The van der Waals surface area contributed by atoms with Gasteiger partial charge in [-0.15, -0.1) is 12.4 Å². The number of nitrogens with one attached hydrogen (secondary N) is 1. The SMILES string of the molecule is CCN(CC(=O)Nc1ccc(O)cc1)C(C)C.Cl. The van der Waals surface area contributed by atoms with Crippen LogP contribution in [0.3, 0.4) is 0 Å². The molecule has 0 atom stereocenters. The van der Waals surface area contributed by atoms with Crippen molar-refractivity contribution in [3.8, 4) is 5.75 Å². The number of benzene rings is 1. The number of nitrogens with zero attached hydrogens (tertiary/aromatic N) is 1. The van der Waals surface area contributed by atoms with Gasteiger partial charge >= 0.3 is 0 Å². The van der Waals surface area contributed by atoms with Gasteiger partial charge in [0.15, 0.2) is 0 Å². The minimum absolute atomic E-state index is 0. The zero-order chi connectivity index (χ0) is 12.8. The quantitative estimate of drug-likeness (QED) is 0.810. The summed E-state index contributed by atoms with van der Waals surface area (Å²) in [6.07, 6.45) is 0. The van der Waals surface area contributed by atoms with E-state index in [9.17, 15) is 4.79 Å². The van der Waals surface area contributed by atoms with Crippen LogP contribution in [0.15, 0.2) is 24.3 Å². The fourth-order valence-corrected chi connectivity index (χ4v) is 1.59. The van der Waals surface area contributed by atoms with Crippen LogP contribution in [0.1, 0.15) is 20.8 Å². The molecule has 2 N–H and O–H groups in total. The normalized spacial score (nSPS) is 10.3. The maximum absolute atomic E-state index is 11.8. The monoisotopic (exact) mass is 272 g/mol. The number of hydrogen-bond acceptors (Lipinski definition) is 3. The molecule has 1 aromatic rings. The molecule has 0 aromatic heterocycles. The number of likely N-dealkylation sites (N-methyl/N-ethyl adjacent to an activating group) is 1. The van der Waals surface area contributed by atoms with E-state index in [0.29, 0.717) is 18.3 Å². The fourth-order valence-electron chi connectivity index (χ4n) is 1.59.